The maximum Gasteiger partial charge on any atom is 0.239 e. The monoisotopic (exact) mass is 241 g/mol. The average Bonchev–Trinajstić information content (AvgIpc) is 2.40. The summed E-state index contributed by atoms with van der Waals surface area (Å²) in [5, 5.41) is 12.2. The summed E-state index contributed by atoms with van der Waals surface area (Å²) in [5.74, 6) is 0.272. The molecule has 2 aliphatic heterocycles. The van der Waals surface area contributed by atoms with E-state index in [0.717, 1.165) is 52.1 Å². The first-order chi connectivity index (χ1) is 8.31. The number of β-amino-alcohol motifs (C(OH)–C–C–N with tert-alkyl or cyclic N) is 1. The number of hydrogen-bond acceptors (Lipinski definition) is 4. The summed E-state index contributed by atoms with van der Waals surface area (Å²) >= 11 is 0. The molecule has 0 radical (unpaired) electrons. The number of piperidine rings is 1. The molecule has 2 aliphatic rings. The van der Waals surface area contributed by atoms with Crippen molar-refractivity contribution in [1.29, 1.82) is 0 Å². The van der Waals surface area contributed by atoms with Crippen LogP contribution in [0.5, 0.6) is 0 Å². The third-order valence-corrected chi connectivity index (χ3v) is 3.71. The molecule has 1 atom stereocenters. The molecule has 5 heteroatoms. The summed E-state index contributed by atoms with van der Waals surface area (Å²) in [6.07, 6.45) is 3.33. The van der Waals surface area contributed by atoms with Crippen LogP contribution in [0.1, 0.15) is 19.3 Å². The lowest BCUT2D eigenvalue weighted by Gasteiger charge is -2.37. The molecule has 0 bridgehead atoms. The summed E-state index contributed by atoms with van der Waals surface area (Å²) in [5.41, 5.74) is 0. The van der Waals surface area contributed by atoms with Crippen LogP contribution in [-0.4, -0.2) is 72.7 Å². The number of amides is 1. The predicted molar refractivity (Wildman–Crippen MR) is 65.7 cm³/mol. The molecule has 0 aromatic rings. The molecular weight excluding hydrogens is 218 g/mol. The highest BCUT2D eigenvalue weighted by molar-refractivity contribution is 5.82. The van der Waals surface area contributed by atoms with Gasteiger partial charge in [0.05, 0.1) is 12.6 Å². The first-order valence-electron chi connectivity index (χ1n) is 6.66. The lowest BCUT2D eigenvalue weighted by atomic mass is 10.0. The number of piperazine rings is 1. The molecule has 5 nitrogen and oxygen atoms in total. The molecule has 0 saturated carbocycles. The Morgan fingerprint density at radius 3 is 2.59 bits per heavy atom. The molecule has 2 fully saturated rings. The summed E-state index contributed by atoms with van der Waals surface area (Å²) < 4.78 is 0. The van der Waals surface area contributed by atoms with E-state index in [9.17, 15) is 4.79 Å². The Balaban J connectivity index is 1.77. The van der Waals surface area contributed by atoms with E-state index in [1.54, 1.807) is 0 Å². The number of rotatable bonds is 3. The van der Waals surface area contributed by atoms with Crippen molar-refractivity contribution in [1.82, 2.24) is 15.1 Å². The van der Waals surface area contributed by atoms with Crippen molar-refractivity contribution in [2.45, 2.75) is 25.3 Å². The van der Waals surface area contributed by atoms with Gasteiger partial charge in [-0.05, 0) is 19.4 Å². The van der Waals surface area contributed by atoms with Crippen molar-refractivity contribution in [3.05, 3.63) is 0 Å². The van der Waals surface area contributed by atoms with Crippen LogP contribution in [0.4, 0.5) is 0 Å². The van der Waals surface area contributed by atoms with Crippen molar-refractivity contribution in [2.24, 2.45) is 0 Å². The molecule has 2 heterocycles. The second-order valence-corrected chi connectivity index (χ2v) is 4.89. The van der Waals surface area contributed by atoms with Crippen LogP contribution in [0.2, 0.25) is 0 Å². The first kappa shape index (κ1) is 12.8. The van der Waals surface area contributed by atoms with E-state index < -0.39 is 0 Å². The van der Waals surface area contributed by atoms with Gasteiger partial charge in [-0.25, -0.2) is 0 Å². The molecule has 1 amide bonds. The predicted octanol–water partition coefficient (Wildman–Crippen LogP) is -0.735. The van der Waals surface area contributed by atoms with Crippen molar-refractivity contribution in [3.63, 3.8) is 0 Å². The number of carbonyl (C=O) groups is 1. The number of aliphatic hydroxyl groups is 1. The van der Waals surface area contributed by atoms with Crippen LogP contribution in [0.3, 0.4) is 0 Å². The average molecular weight is 241 g/mol. The van der Waals surface area contributed by atoms with E-state index in [-0.39, 0.29) is 18.6 Å². The quantitative estimate of drug-likeness (QED) is 0.684. The topological polar surface area (TPSA) is 55.8 Å². The second kappa shape index (κ2) is 6.33. The van der Waals surface area contributed by atoms with Gasteiger partial charge in [0, 0.05) is 32.7 Å². The number of nitrogens with one attached hydrogen (secondary N) is 1. The smallest absolute Gasteiger partial charge is 0.239 e. The van der Waals surface area contributed by atoms with E-state index in [2.05, 4.69) is 10.2 Å². The number of aliphatic hydroxyl groups excluding tert-OH is 1. The molecule has 2 rings (SSSR count). The van der Waals surface area contributed by atoms with Crippen molar-refractivity contribution < 1.29 is 9.90 Å². The Kier molecular flexibility index (Phi) is 4.76. The summed E-state index contributed by atoms with van der Waals surface area (Å²) in [6, 6.07) is 0.0492. The molecule has 0 aliphatic carbocycles. The van der Waals surface area contributed by atoms with E-state index in [4.69, 9.17) is 5.11 Å². The Hall–Kier alpha value is -0.650. The molecule has 0 aromatic carbocycles. The molecule has 2 saturated heterocycles. The summed E-state index contributed by atoms with van der Waals surface area (Å²) in [4.78, 5) is 16.4. The lowest BCUT2D eigenvalue weighted by Crippen LogP contribution is -2.55. The van der Waals surface area contributed by atoms with Crippen molar-refractivity contribution in [2.75, 3.05) is 45.9 Å². The van der Waals surface area contributed by atoms with E-state index in [0.29, 0.717) is 0 Å². The minimum absolute atomic E-state index is 0.0492. The van der Waals surface area contributed by atoms with Crippen LogP contribution in [-0.2, 0) is 4.79 Å². The number of hydrogen-bond donors (Lipinski definition) is 2. The largest absolute Gasteiger partial charge is 0.395 e. The van der Waals surface area contributed by atoms with E-state index >= 15 is 0 Å². The first-order valence-corrected chi connectivity index (χ1v) is 6.66. The minimum Gasteiger partial charge on any atom is -0.395 e. The Labute approximate surface area is 103 Å². The van der Waals surface area contributed by atoms with Gasteiger partial charge in [0.25, 0.3) is 0 Å². The van der Waals surface area contributed by atoms with Crippen LogP contribution in [0.15, 0.2) is 0 Å². The maximum absolute atomic E-state index is 12.2. The molecule has 0 unspecified atom stereocenters. The highest BCUT2D eigenvalue weighted by Crippen LogP contribution is 2.11. The van der Waals surface area contributed by atoms with Gasteiger partial charge >= 0.3 is 0 Å². The zero-order chi connectivity index (χ0) is 12.1. The molecular formula is C12H23N3O2. The zero-order valence-electron chi connectivity index (χ0n) is 10.4. The summed E-state index contributed by atoms with van der Waals surface area (Å²) in [6.45, 7) is 5.29. The molecule has 2 N–H and O–H groups in total. The lowest BCUT2D eigenvalue weighted by molar-refractivity contribution is -0.135. The van der Waals surface area contributed by atoms with Gasteiger partial charge in [0.15, 0.2) is 0 Å². The fraction of sp³-hybridized carbons (Fsp3) is 0.917. The SMILES string of the molecule is O=C([C@H]1CCCCN1)N1CCN(CCO)CC1. The fourth-order valence-electron chi connectivity index (χ4n) is 2.62. The van der Waals surface area contributed by atoms with Crippen LogP contribution in [0, 0.1) is 0 Å². The second-order valence-electron chi connectivity index (χ2n) is 4.89. The standard InChI is InChI=1S/C12H23N3O2/c16-10-9-14-5-7-15(8-6-14)12(17)11-3-1-2-4-13-11/h11,13,16H,1-10H2/t11-/m1/s1. The number of nitrogens with zero attached hydrogens (tertiary/aromatic N) is 2. The fourth-order valence-corrected chi connectivity index (χ4v) is 2.62. The molecule has 17 heavy (non-hydrogen) atoms. The van der Waals surface area contributed by atoms with E-state index in [1.807, 2.05) is 4.90 Å². The number of carbonyl (C=O) groups excluding carboxylic acids is 1. The maximum atomic E-state index is 12.2. The molecule has 0 spiro atoms. The third-order valence-electron chi connectivity index (χ3n) is 3.71. The normalized spacial score (nSPS) is 27.1. The van der Waals surface area contributed by atoms with Gasteiger partial charge in [-0.15, -0.1) is 0 Å². The highest BCUT2D eigenvalue weighted by Gasteiger charge is 2.27. The summed E-state index contributed by atoms with van der Waals surface area (Å²) in [7, 11) is 0. The van der Waals surface area contributed by atoms with Crippen LogP contribution < -0.4 is 5.32 Å². The van der Waals surface area contributed by atoms with Crippen LogP contribution >= 0.6 is 0 Å². The Bertz CT molecular complexity index is 246. The van der Waals surface area contributed by atoms with Gasteiger partial charge in [0.1, 0.15) is 0 Å². The molecule has 98 valence electrons. The Morgan fingerprint density at radius 1 is 1.24 bits per heavy atom. The van der Waals surface area contributed by atoms with E-state index in [1.165, 1.54) is 6.42 Å². The van der Waals surface area contributed by atoms with Crippen LogP contribution in [0.25, 0.3) is 0 Å². The van der Waals surface area contributed by atoms with Gasteiger partial charge in [-0.2, -0.15) is 0 Å². The van der Waals surface area contributed by atoms with Crippen molar-refractivity contribution in [3.8, 4) is 0 Å². The van der Waals surface area contributed by atoms with Crippen molar-refractivity contribution >= 4 is 5.91 Å². The van der Waals surface area contributed by atoms with Gasteiger partial charge in [0.2, 0.25) is 5.91 Å². The zero-order valence-corrected chi connectivity index (χ0v) is 10.4. The van der Waals surface area contributed by atoms with Gasteiger partial charge < -0.3 is 15.3 Å². The third kappa shape index (κ3) is 3.40. The Morgan fingerprint density at radius 2 is 2.00 bits per heavy atom. The minimum atomic E-state index is 0.0492. The van der Waals surface area contributed by atoms with Gasteiger partial charge in [-0.3, -0.25) is 9.69 Å². The highest BCUT2D eigenvalue weighted by atomic mass is 16.3. The van der Waals surface area contributed by atoms with Gasteiger partial charge in [-0.1, -0.05) is 6.42 Å². The molecule has 0 aromatic heterocycles.